The summed E-state index contributed by atoms with van der Waals surface area (Å²) in [6, 6.07) is 8.63. The molecule has 0 spiro atoms. The molecule has 94 valence electrons. The van der Waals surface area contributed by atoms with E-state index in [1.54, 1.807) is 7.11 Å². The van der Waals surface area contributed by atoms with Gasteiger partial charge in [0, 0.05) is 12.0 Å². The maximum Gasteiger partial charge on any atom is 0.118 e. The summed E-state index contributed by atoms with van der Waals surface area (Å²) in [5.74, 6) is 1.70. The van der Waals surface area contributed by atoms with E-state index in [-0.39, 0.29) is 0 Å². The van der Waals surface area contributed by atoms with Crippen LogP contribution in [0.15, 0.2) is 24.3 Å². The second kappa shape index (κ2) is 5.09. The molecule has 2 heteroatoms. The third-order valence-electron chi connectivity index (χ3n) is 4.36. The van der Waals surface area contributed by atoms with Crippen molar-refractivity contribution in [2.75, 3.05) is 20.7 Å². The highest BCUT2D eigenvalue weighted by atomic mass is 16.5. The number of likely N-dealkylation sites (N-methyl/N-ethyl adjacent to an activating group) is 1. The number of nitrogens with one attached hydrogen (secondary N) is 1. The van der Waals surface area contributed by atoms with Crippen molar-refractivity contribution < 1.29 is 4.74 Å². The molecule has 0 heterocycles. The molecule has 1 aliphatic rings. The summed E-state index contributed by atoms with van der Waals surface area (Å²) >= 11 is 0. The van der Waals surface area contributed by atoms with Crippen LogP contribution in [-0.2, 0) is 5.41 Å². The molecule has 17 heavy (non-hydrogen) atoms. The van der Waals surface area contributed by atoms with Gasteiger partial charge >= 0.3 is 0 Å². The third-order valence-corrected chi connectivity index (χ3v) is 4.36. The number of rotatable bonds is 4. The van der Waals surface area contributed by atoms with Crippen LogP contribution in [0.25, 0.3) is 0 Å². The Morgan fingerprint density at radius 3 is 2.53 bits per heavy atom. The molecule has 2 rings (SSSR count). The van der Waals surface area contributed by atoms with Gasteiger partial charge in [0.1, 0.15) is 5.75 Å². The molecule has 2 atom stereocenters. The van der Waals surface area contributed by atoms with Crippen LogP contribution >= 0.6 is 0 Å². The van der Waals surface area contributed by atoms with E-state index >= 15 is 0 Å². The van der Waals surface area contributed by atoms with Crippen molar-refractivity contribution in [1.82, 2.24) is 5.32 Å². The number of benzene rings is 1. The van der Waals surface area contributed by atoms with Gasteiger partial charge < -0.3 is 10.1 Å². The fraction of sp³-hybridized carbons (Fsp3) is 0.600. The molecule has 1 N–H and O–H groups in total. The molecule has 0 bridgehead atoms. The van der Waals surface area contributed by atoms with E-state index in [0.717, 1.165) is 18.2 Å². The van der Waals surface area contributed by atoms with Crippen LogP contribution in [0.2, 0.25) is 0 Å². The summed E-state index contributed by atoms with van der Waals surface area (Å²) in [4.78, 5) is 0. The minimum Gasteiger partial charge on any atom is -0.497 e. The molecule has 1 aromatic rings. The molecule has 0 radical (unpaired) electrons. The van der Waals surface area contributed by atoms with Crippen molar-refractivity contribution in [3.63, 3.8) is 0 Å². The van der Waals surface area contributed by atoms with Gasteiger partial charge in [-0.3, -0.25) is 0 Å². The molecular weight excluding hydrogens is 210 g/mol. The van der Waals surface area contributed by atoms with Gasteiger partial charge in [-0.1, -0.05) is 25.5 Å². The highest BCUT2D eigenvalue weighted by Crippen LogP contribution is 2.45. The van der Waals surface area contributed by atoms with Gasteiger partial charge in [0.2, 0.25) is 0 Å². The first-order valence-electron chi connectivity index (χ1n) is 6.52. The summed E-state index contributed by atoms with van der Waals surface area (Å²) in [6.07, 6.45) is 3.98. The van der Waals surface area contributed by atoms with Crippen molar-refractivity contribution in [1.29, 1.82) is 0 Å². The first-order valence-corrected chi connectivity index (χ1v) is 6.52. The largest absolute Gasteiger partial charge is 0.497 e. The molecule has 2 nitrogen and oxygen atoms in total. The molecule has 1 fully saturated rings. The van der Waals surface area contributed by atoms with Crippen molar-refractivity contribution in [3.05, 3.63) is 29.8 Å². The van der Waals surface area contributed by atoms with Crippen molar-refractivity contribution in [2.24, 2.45) is 5.92 Å². The van der Waals surface area contributed by atoms with Crippen LogP contribution in [0.5, 0.6) is 5.75 Å². The molecule has 0 saturated heterocycles. The molecule has 0 aliphatic heterocycles. The monoisotopic (exact) mass is 233 g/mol. The third kappa shape index (κ3) is 2.19. The quantitative estimate of drug-likeness (QED) is 0.863. The Labute approximate surface area is 104 Å². The fourth-order valence-corrected chi connectivity index (χ4v) is 3.28. The highest BCUT2D eigenvalue weighted by molar-refractivity contribution is 5.34. The first kappa shape index (κ1) is 12.4. The Hall–Kier alpha value is -1.02. The predicted octanol–water partition coefficient (Wildman–Crippen LogP) is 2.97. The highest BCUT2D eigenvalue weighted by Gasteiger charge is 2.40. The second-order valence-corrected chi connectivity index (χ2v) is 5.21. The normalized spacial score (nSPS) is 28.3. The van der Waals surface area contributed by atoms with Gasteiger partial charge in [-0.15, -0.1) is 0 Å². The zero-order chi connectivity index (χ0) is 12.3. The summed E-state index contributed by atoms with van der Waals surface area (Å²) in [6.45, 7) is 3.45. The Kier molecular flexibility index (Phi) is 3.72. The average Bonchev–Trinajstić information content (AvgIpc) is 2.73. The number of hydrogen-bond donors (Lipinski definition) is 1. The molecule has 0 amide bonds. The first-order chi connectivity index (χ1) is 8.23. The minimum atomic E-state index is 0.320. The van der Waals surface area contributed by atoms with Crippen LogP contribution in [0.4, 0.5) is 0 Å². The van der Waals surface area contributed by atoms with Crippen molar-refractivity contribution in [3.8, 4) is 5.75 Å². The van der Waals surface area contributed by atoms with E-state index in [2.05, 4.69) is 43.6 Å². The van der Waals surface area contributed by atoms with Crippen LogP contribution in [-0.4, -0.2) is 20.7 Å². The van der Waals surface area contributed by atoms with Crippen LogP contribution in [0.1, 0.15) is 31.7 Å². The van der Waals surface area contributed by atoms with E-state index in [4.69, 9.17) is 4.74 Å². The number of ether oxygens (including phenoxy) is 1. The second-order valence-electron chi connectivity index (χ2n) is 5.21. The Morgan fingerprint density at radius 1 is 1.35 bits per heavy atom. The van der Waals surface area contributed by atoms with E-state index in [1.807, 2.05) is 0 Å². The Morgan fingerprint density at radius 2 is 2.06 bits per heavy atom. The van der Waals surface area contributed by atoms with E-state index < -0.39 is 0 Å². The van der Waals surface area contributed by atoms with Gasteiger partial charge in [0.05, 0.1) is 7.11 Å². The molecule has 2 unspecified atom stereocenters. The lowest BCUT2D eigenvalue weighted by molar-refractivity contribution is 0.325. The van der Waals surface area contributed by atoms with Crippen molar-refractivity contribution >= 4 is 0 Å². The van der Waals surface area contributed by atoms with Gasteiger partial charge in [-0.2, -0.15) is 0 Å². The molecule has 1 aromatic carbocycles. The SMILES string of the molecule is CNCC1(c2ccc(OC)cc2)CCCC1C. The van der Waals surface area contributed by atoms with Gasteiger partial charge in [0.15, 0.2) is 0 Å². The maximum atomic E-state index is 5.24. The fourth-order valence-electron chi connectivity index (χ4n) is 3.28. The molecule has 1 saturated carbocycles. The summed E-state index contributed by atoms with van der Waals surface area (Å²) < 4.78 is 5.24. The average molecular weight is 233 g/mol. The predicted molar refractivity (Wildman–Crippen MR) is 71.6 cm³/mol. The van der Waals surface area contributed by atoms with Crippen LogP contribution in [0.3, 0.4) is 0 Å². The van der Waals surface area contributed by atoms with E-state index in [9.17, 15) is 0 Å². The zero-order valence-corrected chi connectivity index (χ0v) is 11.1. The van der Waals surface area contributed by atoms with Crippen molar-refractivity contribution in [2.45, 2.75) is 31.6 Å². The standard InChI is InChI=1S/C15H23NO/c1-12-5-4-10-15(12,11-16-2)13-6-8-14(17-3)9-7-13/h6-9,12,16H,4-5,10-11H2,1-3H3. The van der Waals surface area contributed by atoms with E-state index in [0.29, 0.717) is 5.41 Å². The molecular formula is C15H23NO. The zero-order valence-electron chi connectivity index (χ0n) is 11.1. The number of methoxy groups -OCH3 is 1. The smallest absolute Gasteiger partial charge is 0.118 e. The lowest BCUT2D eigenvalue weighted by Crippen LogP contribution is -2.39. The lowest BCUT2D eigenvalue weighted by Gasteiger charge is -2.34. The molecule has 0 aromatic heterocycles. The Bertz CT molecular complexity index is 360. The summed E-state index contributed by atoms with van der Waals surface area (Å²) in [7, 11) is 3.77. The Balaban J connectivity index is 2.31. The van der Waals surface area contributed by atoms with E-state index in [1.165, 1.54) is 24.8 Å². The van der Waals surface area contributed by atoms with Crippen LogP contribution < -0.4 is 10.1 Å². The van der Waals surface area contributed by atoms with Gasteiger partial charge in [-0.25, -0.2) is 0 Å². The molecule has 1 aliphatic carbocycles. The van der Waals surface area contributed by atoms with Gasteiger partial charge in [-0.05, 0) is 43.5 Å². The summed E-state index contributed by atoms with van der Waals surface area (Å²) in [5.41, 5.74) is 1.78. The maximum absolute atomic E-state index is 5.24. The van der Waals surface area contributed by atoms with Crippen LogP contribution in [0, 0.1) is 5.92 Å². The lowest BCUT2D eigenvalue weighted by atomic mass is 9.73. The topological polar surface area (TPSA) is 21.3 Å². The van der Waals surface area contributed by atoms with Gasteiger partial charge in [0.25, 0.3) is 0 Å². The summed E-state index contributed by atoms with van der Waals surface area (Å²) in [5, 5.41) is 3.38. The minimum absolute atomic E-state index is 0.320. The number of hydrogen-bond acceptors (Lipinski definition) is 2.